The van der Waals surface area contributed by atoms with E-state index in [4.69, 9.17) is 0 Å². The van der Waals surface area contributed by atoms with Gasteiger partial charge in [-0.1, -0.05) is 63.2 Å². The van der Waals surface area contributed by atoms with Crippen molar-refractivity contribution in [3.05, 3.63) is 99.0 Å². The van der Waals surface area contributed by atoms with Crippen LogP contribution in [0.5, 0.6) is 0 Å². The summed E-state index contributed by atoms with van der Waals surface area (Å²) in [5.41, 5.74) is 3.19. The van der Waals surface area contributed by atoms with Crippen LogP contribution in [-0.4, -0.2) is 16.3 Å². The average Bonchev–Trinajstić information content (AvgIpc) is 2.77. The Hall–Kier alpha value is -3.47. The molecular weight excluding hydrogens is 400 g/mol. The third kappa shape index (κ3) is 4.28. The van der Waals surface area contributed by atoms with Gasteiger partial charge in [0.1, 0.15) is 5.56 Å². The summed E-state index contributed by atoms with van der Waals surface area (Å²) >= 11 is 0. The normalized spacial score (nSPS) is 14.7. The van der Waals surface area contributed by atoms with Crippen molar-refractivity contribution in [1.82, 2.24) is 9.88 Å². The zero-order chi connectivity index (χ0) is 22.9. The van der Waals surface area contributed by atoms with Crippen LogP contribution in [-0.2, 0) is 19.4 Å². The predicted molar refractivity (Wildman–Crippen MR) is 125 cm³/mol. The summed E-state index contributed by atoms with van der Waals surface area (Å²) < 4.78 is 1.42. The third-order valence-corrected chi connectivity index (χ3v) is 6.06. The SMILES string of the molecule is CCc1ccc(CNC(=O)c2c3c(cn(-c4ccccc4)c2=O)C(=O)CC(C)(C)C3)cc1. The molecule has 1 aromatic heterocycles. The van der Waals surface area contributed by atoms with E-state index in [9.17, 15) is 14.4 Å². The van der Waals surface area contributed by atoms with Gasteiger partial charge in [0, 0.05) is 30.4 Å². The lowest BCUT2D eigenvalue weighted by atomic mass is 9.73. The van der Waals surface area contributed by atoms with E-state index in [0.29, 0.717) is 36.2 Å². The summed E-state index contributed by atoms with van der Waals surface area (Å²) in [6, 6.07) is 17.1. The summed E-state index contributed by atoms with van der Waals surface area (Å²) in [5.74, 6) is -0.480. The van der Waals surface area contributed by atoms with Crippen molar-refractivity contribution in [2.75, 3.05) is 0 Å². The van der Waals surface area contributed by atoms with E-state index in [0.717, 1.165) is 12.0 Å². The van der Waals surface area contributed by atoms with Gasteiger partial charge in [-0.25, -0.2) is 0 Å². The molecule has 1 heterocycles. The first kappa shape index (κ1) is 21.8. The van der Waals surface area contributed by atoms with Crippen LogP contribution >= 0.6 is 0 Å². The van der Waals surface area contributed by atoms with Gasteiger partial charge in [0.2, 0.25) is 0 Å². The molecular formula is C27H28N2O3. The lowest BCUT2D eigenvalue weighted by Gasteiger charge is -2.31. The average molecular weight is 429 g/mol. The van der Waals surface area contributed by atoms with Crippen molar-refractivity contribution in [3.63, 3.8) is 0 Å². The molecule has 0 spiro atoms. The highest BCUT2D eigenvalue weighted by atomic mass is 16.2. The van der Waals surface area contributed by atoms with Gasteiger partial charge in [-0.05, 0) is 47.1 Å². The Bertz CT molecular complexity index is 1220. The molecule has 5 heteroatoms. The smallest absolute Gasteiger partial charge is 0.268 e. The highest BCUT2D eigenvalue weighted by Gasteiger charge is 2.35. The number of carbonyl (C=O) groups excluding carboxylic acids is 2. The van der Waals surface area contributed by atoms with E-state index in [1.807, 2.05) is 56.3 Å². The zero-order valence-corrected chi connectivity index (χ0v) is 18.8. The molecule has 4 rings (SSSR count). The fourth-order valence-electron chi connectivity index (χ4n) is 4.32. The Balaban J connectivity index is 1.76. The van der Waals surface area contributed by atoms with Crippen LogP contribution in [0.2, 0.25) is 0 Å². The lowest BCUT2D eigenvalue weighted by molar-refractivity contribution is 0.0909. The van der Waals surface area contributed by atoms with Gasteiger partial charge < -0.3 is 5.32 Å². The molecule has 0 atom stereocenters. The molecule has 0 bridgehead atoms. The summed E-state index contributed by atoms with van der Waals surface area (Å²) in [5, 5.41) is 2.90. The number of nitrogens with zero attached hydrogens (tertiary/aromatic N) is 1. The molecule has 1 aliphatic carbocycles. The fraction of sp³-hybridized carbons (Fsp3) is 0.296. The van der Waals surface area contributed by atoms with Crippen molar-refractivity contribution >= 4 is 11.7 Å². The number of ketones is 1. The Morgan fingerprint density at radius 2 is 1.62 bits per heavy atom. The zero-order valence-electron chi connectivity index (χ0n) is 18.8. The van der Waals surface area contributed by atoms with E-state index in [1.54, 1.807) is 18.3 Å². The first-order chi connectivity index (χ1) is 15.3. The molecule has 1 N–H and O–H groups in total. The maximum absolute atomic E-state index is 13.5. The summed E-state index contributed by atoms with van der Waals surface area (Å²) in [7, 11) is 0. The molecule has 0 radical (unpaired) electrons. The standard InChI is InChI=1S/C27H28N2O3/c1-4-18-10-12-19(13-11-18)16-28-25(31)24-21-14-27(2,3)15-23(30)22(21)17-29(26(24)32)20-8-6-5-7-9-20/h5-13,17H,4,14-16H2,1-3H3,(H,28,31). The first-order valence-corrected chi connectivity index (χ1v) is 11.0. The van der Waals surface area contributed by atoms with E-state index in [2.05, 4.69) is 12.2 Å². The summed E-state index contributed by atoms with van der Waals surface area (Å²) in [4.78, 5) is 39.7. The highest BCUT2D eigenvalue weighted by Crippen LogP contribution is 2.35. The number of aromatic nitrogens is 1. The van der Waals surface area contributed by atoms with Crippen LogP contribution in [0.1, 0.15) is 64.6 Å². The maximum Gasteiger partial charge on any atom is 0.268 e. The lowest BCUT2D eigenvalue weighted by Crippen LogP contribution is -2.38. The van der Waals surface area contributed by atoms with Gasteiger partial charge in [0.25, 0.3) is 11.5 Å². The number of benzene rings is 2. The number of pyridine rings is 1. The van der Waals surface area contributed by atoms with Crippen molar-refractivity contribution in [3.8, 4) is 5.69 Å². The van der Waals surface area contributed by atoms with Crippen molar-refractivity contribution in [2.24, 2.45) is 5.41 Å². The quantitative estimate of drug-likeness (QED) is 0.651. The molecule has 0 saturated carbocycles. The minimum Gasteiger partial charge on any atom is -0.348 e. The largest absolute Gasteiger partial charge is 0.348 e. The molecule has 1 amide bonds. The van der Waals surface area contributed by atoms with Crippen LogP contribution in [0.15, 0.2) is 65.6 Å². The Morgan fingerprint density at radius 3 is 2.28 bits per heavy atom. The molecule has 0 saturated heterocycles. The van der Waals surface area contributed by atoms with Crippen LogP contribution in [0, 0.1) is 5.41 Å². The van der Waals surface area contributed by atoms with Gasteiger partial charge in [-0.15, -0.1) is 0 Å². The molecule has 0 unspecified atom stereocenters. The first-order valence-electron chi connectivity index (χ1n) is 11.0. The molecule has 1 aliphatic rings. The molecule has 0 aliphatic heterocycles. The van der Waals surface area contributed by atoms with Crippen molar-refractivity contribution in [1.29, 1.82) is 0 Å². The van der Waals surface area contributed by atoms with Crippen molar-refractivity contribution in [2.45, 2.75) is 46.6 Å². The van der Waals surface area contributed by atoms with E-state index in [1.165, 1.54) is 10.1 Å². The number of aryl methyl sites for hydroxylation is 1. The number of carbonyl (C=O) groups is 2. The number of hydrogen-bond acceptors (Lipinski definition) is 3. The monoisotopic (exact) mass is 428 g/mol. The molecule has 2 aromatic carbocycles. The predicted octanol–water partition coefficient (Wildman–Crippen LogP) is 4.49. The third-order valence-electron chi connectivity index (χ3n) is 6.06. The maximum atomic E-state index is 13.5. The van der Waals surface area contributed by atoms with Gasteiger partial charge in [0.15, 0.2) is 5.78 Å². The number of para-hydroxylation sites is 1. The summed E-state index contributed by atoms with van der Waals surface area (Å²) in [6.07, 6.45) is 3.45. The van der Waals surface area contributed by atoms with Crippen LogP contribution in [0.3, 0.4) is 0 Å². The van der Waals surface area contributed by atoms with E-state index >= 15 is 0 Å². The number of hydrogen-bond donors (Lipinski definition) is 1. The molecule has 164 valence electrons. The van der Waals surface area contributed by atoms with Crippen molar-refractivity contribution < 1.29 is 9.59 Å². The molecule has 5 nitrogen and oxygen atoms in total. The van der Waals surface area contributed by atoms with Crippen LogP contribution < -0.4 is 10.9 Å². The van der Waals surface area contributed by atoms with Gasteiger partial charge in [-0.2, -0.15) is 0 Å². The van der Waals surface area contributed by atoms with Gasteiger partial charge in [0.05, 0.1) is 0 Å². The Labute approximate surface area is 188 Å². The number of rotatable bonds is 5. The molecule has 0 fully saturated rings. The number of fused-ring (bicyclic) bond motifs is 1. The number of nitrogens with one attached hydrogen (secondary N) is 1. The fourth-order valence-corrected chi connectivity index (χ4v) is 4.32. The minimum absolute atomic E-state index is 0.0369. The second-order valence-corrected chi connectivity index (χ2v) is 9.20. The highest BCUT2D eigenvalue weighted by molar-refractivity contribution is 6.04. The van der Waals surface area contributed by atoms with Crippen LogP contribution in [0.4, 0.5) is 0 Å². The van der Waals surface area contributed by atoms with E-state index in [-0.39, 0.29) is 16.8 Å². The second-order valence-electron chi connectivity index (χ2n) is 9.20. The Morgan fingerprint density at radius 1 is 0.969 bits per heavy atom. The van der Waals surface area contributed by atoms with Gasteiger partial charge >= 0.3 is 0 Å². The minimum atomic E-state index is -0.443. The topological polar surface area (TPSA) is 68.2 Å². The number of Topliss-reactive ketones (excluding diaryl/α,β-unsaturated/α-hetero) is 1. The molecule has 3 aromatic rings. The Kier molecular flexibility index (Phi) is 5.83. The van der Waals surface area contributed by atoms with E-state index < -0.39 is 11.5 Å². The second kappa shape index (κ2) is 8.58. The van der Waals surface area contributed by atoms with Gasteiger partial charge in [-0.3, -0.25) is 19.0 Å². The van der Waals surface area contributed by atoms with Crippen LogP contribution in [0.25, 0.3) is 5.69 Å². The molecule has 32 heavy (non-hydrogen) atoms. The summed E-state index contributed by atoms with van der Waals surface area (Å²) in [6.45, 7) is 6.39. The number of amides is 1.